The number of carbonyl (C=O) groups is 2. The Bertz CT molecular complexity index is 1250. The average molecular weight is 489 g/mol. The molecule has 1 N–H and O–H groups in total. The van der Waals surface area contributed by atoms with Crippen molar-refractivity contribution in [3.8, 4) is 22.9 Å². The summed E-state index contributed by atoms with van der Waals surface area (Å²) in [6.07, 6.45) is 4.81. The van der Waals surface area contributed by atoms with E-state index < -0.39 is 0 Å². The maximum Gasteiger partial charge on any atom is 0.219 e. The first-order chi connectivity index (χ1) is 17.4. The van der Waals surface area contributed by atoms with E-state index in [0.717, 1.165) is 49.4 Å². The van der Waals surface area contributed by atoms with Crippen molar-refractivity contribution in [1.82, 2.24) is 19.8 Å². The molecule has 1 aliphatic heterocycles. The van der Waals surface area contributed by atoms with Gasteiger partial charge in [0, 0.05) is 63.0 Å². The zero-order valence-corrected chi connectivity index (χ0v) is 21.0. The lowest BCUT2D eigenvalue weighted by molar-refractivity contribution is -0.129. The summed E-state index contributed by atoms with van der Waals surface area (Å²) < 4.78 is 8.07. The molecule has 2 atom stereocenters. The summed E-state index contributed by atoms with van der Waals surface area (Å²) in [5.74, 6) is 0.828. The smallest absolute Gasteiger partial charge is 0.219 e. The third-order valence-electron chi connectivity index (χ3n) is 6.95. The van der Waals surface area contributed by atoms with E-state index in [1.165, 1.54) is 0 Å². The molecular weight excluding hydrogens is 456 g/mol. The normalized spacial score (nSPS) is 15.3. The van der Waals surface area contributed by atoms with Gasteiger partial charge in [-0.1, -0.05) is 19.1 Å². The molecule has 3 aromatic rings. The number of aromatic nitrogens is 2. The van der Waals surface area contributed by atoms with E-state index in [1.807, 2.05) is 24.1 Å². The predicted molar refractivity (Wildman–Crippen MR) is 138 cm³/mol. The Morgan fingerprint density at radius 3 is 2.56 bits per heavy atom. The molecule has 0 bridgehead atoms. The van der Waals surface area contributed by atoms with Crippen LogP contribution in [0, 0.1) is 17.2 Å². The van der Waals surface area contributed by atoms with Crippen LogP contribution in [0.5, 0.6) is 5.75 Å². The van der Waals surface area contributed by atoms with E-state index in [4.69, 9.17) is 4.74 Å². The second kappa shape index (κ2) is 11.1. The van der Waals surface area contributed by atoms with Crippen LogP contribution in [0.4, 0.5) is 5.69 Å². The summed E-state index contributed by atoms with van der Waals surface area (Å²) in [5.41, 5.74) is 4.12. The van der Waals surface area contributed by atoms with Crippen LogP contribution >= 0.6 is 0 Å². The Balaban J connectivity index is 1.60. The molecule has 0 radical (unpaired) electrons. The number of pyridine rings is 1. The molecule has 1 saturated heterocycles. The van der Waals surface area contributed by atoms with Gasteiger partial charge in [0.15, 0.2) is 0 Å². The number of rotatable bonds is 9. The third-order valence-corrected chi connectivity index (χ3v) is 6.95. The SMILES string of the molecule is CCC(CNC=O)C(C)Oc1cc(-c2ccc(N3CCN(C(C)=O)CC3)cc2)cn2ncc(C#N)c12. The van der Waals surface area contributed by atoms with Gasteiger partial charge in [-0.3, -0.25) is 9.59 Å². The fourth-order valence-electron chi connectivity index (χ4n) is 4.70. The van der Waals surface area contributed by atoms with Crippen molar-refractivity contribution in [2.45, 2.75) is 33.3 Å². The molecule has 36 heavy (non-hydrogen) atoms. The standard InChI is InChI=1S/C27H32N6O3/c1-4-21(15-29-18-34)19(2)36-26-13-23(17-33-27(26)24(14-28)16-30-33)22-5-7-25(8-6-22)32-11-9-31(10-12-32)20(3)35/h5-8,13,16-19,21H,4,9-12,15H2,1-3H3,(H,29,34). The highest BCUT2D eigenvalue weighted by Gasteiger charge is 2.21. The zero-order valence-electron chi connectivity index (χ0n) is 21.0. The van der Waals surface area contributed by atoms with Crippen LogP contribution < -0.4 is 15.0 Å². The molecule has 1 aliphatic rings. The van der Waals surface area contributed by atoms with Crippen LogP contribution in [0.3, 0.4) is 0 Å². The number of ether oxygens (including phenoxy) is 1. The van der Waals surface area contributed by atoms with Crippen LogP contribution in [0.25, 0.3) is 16.6 Å². The first-order valence-corrected chi connectivity index (χ1v) is 12.3. The number of piperazine rings is 1. The number of hydrogen-bond donors (Lipinski definition) is 1. The first kappa shape index (κ1) is 25.0. The molecule has 9 nitrogen and oxygen atoms in total. The van der Waals surface area contributed by atoms with E-state index >= 15 is 0 Å². The lowest BCUT2D eigenvalue weighted by atomic mass is 10.0. The molecule has 2 unspecified atom stereocenters. The molecular formula is C27H32N6O3. The maximum atomic E-state index is 11.6. The van der Waals surface area contributed by atoms with Gasteiger partial charge in [-0.2, -0.15) is 10.4 Å². The van der Waals surface area contributed by atoms with Crippen LogP contribution in [-0.4, -0.2) is 65.7 Å². The minimum Gasteiger partial charge on any atom is -0.488 e. The Hall–Kier alpha value is -4.06. The van der Waals surface area contributed by atoms with Gasteiger partial charge in [-0.15, -0.1) is 0 Å². The van der Waals surface area contributed by atoms with Crippen LogP contribution in [0.1, 0.15) is 32.8 Å². The molecule has 0 saturated carbocycles. The largest absolute Gasteiger partial charge is 0.488 e. The number of carbonyl (C=O) groups excluding carboxylic acids is 2. The molecule has 1 fully saturated rings. The Labute approximate surface area is 211 Å². The molecule has 4 rings (SSSR count). The van der Waals surface area contributed by atoms with Crippen LogP contribution in [-0.2, 0) is 9.59 Å². The number of hydrogen-bond acceptors (Lipinski definition) is 6. The number of anilines is 1. The molecule has 188 valence electrons. The van der Waals surface area contributed by atoms with E-state index in [0.29, 0.717) is 29.8 Å². The summed E-state index contributed by atoms with van der Waals surface area (Å²) in [5, 5.41) is 16.7. The summed E-state index contributed by atoms with van der Waals surface area (Å²) in [6, 6.07) is 12.5. The summed E-state index contributed by atoms with van der Waals surface area (Å²) >= 11 is 0. The minimum absolute atomic E-state index is 0.120. The van der Waals surface area contributed by atoms with Crippen molar-refractivity contribution in [1.29, 1.82) is 5.26 Å². The topological polar surface area (TPSA) is 103 Å². The van der Waals surface area contributed by atoms with Crippen LogP contribution in [0.2, 0.25) is 0 Å². The second-order valence-electron chi connectivity index (χ2n) is 9.11. The molecule has 3 heterocycles. The number of fused-ring (bicyclic) bond motifs is 1. The van der Waals surface area contributed by atoms with Crippen molar-refractivity contribution in [2.24, 2.45) is 5.92 Å². The molecule has 2 amide bonds. The van der Waals surface area contributed by atoms with Crippen LogP contribution in [0.15, 0.2) is 42.7 Å². The number of benzene rings is 1. The van der Waals surface area contributed by atoms with Crippen molar-refractivity contribution >= 4 is 23.5 Å². The quantitative estimate of drug-likeness (QED) is 0.465. The zero-order chi connectivity index (χ0) is 25.7. The highest BCUT2D eigenvalue weighted by atomic mass is 16.5. The molecule has 0 aliphatic carbocycles. The second-order valence-corrected chi connectivity index (χ2v) is 9.11. The lowest BCUT2D eigenvalue weighted by Crippen LogP contribution is -2.48. The van der Waals surface area contributed by atoms with Gasteiger partial charge >= 0.3 is 0 Å². The van der Waals surface area contributed by atoms with Gasteiger partial charge < -0.3 is 19.9 Å². The highest BCUT2D eigenvalue weighted by Crippen LogP contribution is 2.32. The minimum atomic E-state index is -0.181. The van der Waals surface area contributed by atoms with Crippen molar-refractivity contribution < 1.29 is 14.3 Å². The molecule has 0 spiro atoms. The predicted octanol–water partition coefficient (Wildman–Crippen LogP) is 3.08. The monoisotopic (exact) mass is 488 g/mol. The van der Waals surface area contributed by atoms with Gasteiger partial charge in [-0.05, 0) is 37.1 Å². The number of nitrogens with one attached hydrogen (secondary N) is 1. The molecule has 2 aromatic heterocycles. The molecule has 9 heteroatoms. The third kappa shape index (κ3) is 5.28. The van der Waals surface area contributed by atoms with Crippen molar-refractivity contribution in [3.05, 3.63) is 48.3 Å². The van der Waals surface area contributed by atoms with Crippen molar-refractivity contribution in [3.63, 3.8) is 0 Å². The summed E-state index contributed by atoms with van der Waals surface area (Å²) in [7, 11) is 0. The Kier molecular flexibility index (Phi) is 7.74. The number of amides is 2. The van der Waals surface area contributed by atoms with Gasteiger partial charge in [-0.25, -0.2) is 4.52 Å². The fraction of sp³-hybridized carbons (Fsp3) is 0.407. The van der Waals surface area contributed by atoms with Crippen molar-refractivity contribution in [2.75, 3.05) is 37.6 Å². The number of nitrogens with zero attached hydrogens (tertiary/aromatic N) is 5. The highest BCUT2D eigenvalue weighted by molar-refractivity contribution is 5.76. The van der Waals surface area contributed by atoms with Gasteiger partial charge in [0.25, 0.3) is 0 Å². The van der Waals surface area contributed by atoms with Gasteiger partial charge in [0.2, 0.25) is 12.3 Å². The summed E-state index contributed by atoms with van der Waals surface area (Å²) in [4.78, 5) is 26.5. The average Bonchev–Trinajstić information content (AvgIpc) is 3.33. The maximum absolute atomic E-state index is 11.6. The van der Waals surface area contributed by atoms with E-state index in [9.17, 15) is 14.9 Å². The van der Waals surface area contributed by atoms with E-state index in [2.05, 4.69) is 52.6 Å². The Morgan fingerprint density at radius 2 is 1.94 bits per heavy atom. The lowest BCUT2D eigenvalue weighted by Gasteiger charge is -2.35. The number of nitriles is 1. The van der Waals surface area contributed by atoms with E-state index in [1.54, 1.807) is 17.6 Å². The first-order valence-electron chi connectivity index (χ1n) is 12.3. The van der Waals surface area contributed by atoms with Gasteiger partial charge in [0.05, 0.1) is 6.20 Å². The van der Waals surface area contributed by atoms with Gasteiger partial charge in [0.1, 0.15) is 29.0 Å². The van der Waals surface area contributed by atoms with E-state index in [-0.39, 0.29) is 17.9 Å². The Morgan fingerprint density at radius 1 is 1.22 bits per heavy atom. The fourth-order valence-corrected chi connectivity index (χ4v) is 4.70. The molecule has 1 aromatic carbocycles. The summed E-state index contributed by atoms with van der Waals surface area (Å²) in [6.45, 7) is 9.25.